The van der Waals surface area contributed by atoms with Crippen molar-refractivity contribution in [2.45, 2.75) is 19.1 Å². The highest BCUT2D eigenvalue weighted by atomic mass is 32.2. The SMILES string of the molecule is CSC1=C(c2ccc(C)cc2)OC2Oc3ccccc3C12. The number of para-hydroxylation sites is 1. The van der Waals surface area contributed by atoms with E-state index in [0.29, 0.717) is 0 Å². The van der Waals surface area contributed by atoms with Crippen LogP contribution in [0.25, 0.3) is 5.76 Å². The van der Waals surface area contributed by atoms with E-state index in [1.807, 2.05) is 12.1 Å². The summed E-state index contributed by atoms with van der Waals surface area (Å²) >= 11 is 1.75. The van der Waals surface area contributed by atoms with E-state index >= 15 is 0 Å². The smallest absolute Gasteiger partial charge is 0.252 e. The van der Waals surface area contributed by atoms with E-state index in [1.165, 1.54) is 16.0 Å². The van der Waals surface area contributed by atoms with Gasteiger partial charge in [0.05, 0.1) is 5.92 Å². The Morgan fingerprint density at radius 3 is 2.48 bits per heavy atom. The fourth-order valence-electron chi connectivity index (χ4n) is 2.99. The topological polar surface area (TPSA) is 18.5 Å². The zero-order valence-corrected chi connectivity index (χ0v) is 12.8. The van der Waals surface area contributed by atoms with E-state index in [9.17, 15) is 0 Å². The lowest BCUT2D eigenvalue weighted by atomic mass is 9.99. The molecule has 2 aliphatic heterocycles. The number of aryl methyl sites for hydroxylation is 1. The minimum atomic E-state index is -0.221. The molecule has 0 amide bonds. The lowest BCUT2D eigenvalue weighted by Crippen LogP contribution is -2.15. The first-order valence-corrected chi connectivity index (χ1v) is 8.28. The van der Waals surface area contributed by atoms with Gasteiger partial charge >= 0.3 is 0 Å². The van der Waals surface area contributed by atoms with Crippen LogP contribution in [-0.4, -0.2) is 12.5 Å². The molecule has 106 valence electrons. The molecule has 0 spiro atoms. The number of fused-ring (bicyclic) bond motifs is 3. The number of ether oxygens (including phenoxy) is 2. The van der Waals surface area contributed by atoms with Crippen LogP contribution in [0.3, 0.4) is 0 Å². The second-order valence-corrected chi connectivity index (χ2v) is 6.23. The van der Waals surface area contributed by atoms with Crippen LogP contribution in [-0.2, 0) is 4.74 Å². The monoisotopic (exact) mass is 296 g/mol. The summed E-state index contributed by atoms with van der Waals surface area (Å²) < 4.78 is 12.1. The summed E-state index contributed by atoms with van der Waals surface area (Å²) in [6.45, 7) is 2.09. The van der Waals surface area contributed by atoms with Gasteiger partial charge in [-0.2, -0.15) is 0 Å². The highest BCUT2D eigenvalue weighted by Gasteiger charge is 2.45. The predicted molar refractivity (Wildman–Crippen MR) is 86.3 cm³/mol. The van der Waals surface area contributed by atoms with Gasteiger partial charge in [-0.3, -0.25) is 0 Å². The summed E-state index contributed by atoms with van der Waals surface area (Å²) in [5, 5.41) is 0. The number of hydrogen-bond acceptors (Lipinski definition) is 3. The van der Waals surface area contributed by atoms with Gasteiger partial charge in [0, 0.05) is 16.0 Å². The second-order valence-electron chi connectivity index (χ2n) is 5.38. The maximum atomic E-state index is 6.13. The van der Waals surface area contributed by atoms with Crippen LogP contribution < -0.4 is 4.74 Å². The Labute approximate surface area is 128 Å². The van der Waals surface area contributed by atoms with Crippen molar-refractivity contribution in [3.8, 4) is 5.75 Å². The fourth-order valence-corrected chi connectivity index (χ4v) is 3.84. The number of thioether (sulfide) groups is 1. The Morgan fingerprint density at radius 1 is 0.952 bits per heavy atom. The Balaban J connectivity index is 1.81. The molecule has 4 rings (SSSR count). The van der Waals surface area contributed by atoms with Crippen molar-refractivity contribution < 1.29 is 9.47 Å². The summed E-state index contributed by atoms with van der Waals surface area (Å²) in [4.78, 5) is 1.26. The Morgan fingerprint density at radius 2 is 1.71 bits per heavy atom. The molecule has 2 unspecified atom stereocenters. The zero-order chi connectivity index (χ0) is 14.4. The highest BCUT2D eigenvalue weighted by molar-refractivity contribution is 8.02. The first-order valence-electron chi connectivity index (χ1n) is 7.05. The first kappa shape index (κ1) is 12.8. The van der Waals surface area contributed by atoms with E-state index in [1.54, 1.807) is 11.8 Å². The van der Waals surface area contributed by atoms with Crippen molar-refractivity contribution in [3.63, 3.8) is 0 Å². The van der Waals surface area contributed by atoms with E-state index < -0.39 is 0 Å². The average Bonchev–Trinajstić information content (AvgIpc) is 3.03. The normalized spacial score (nSPS) is 22.6. The van der Waals surface area contributed by atoms with E-state index in [0.717, 1.165) is 17.1 Å². The average molecular weight is 296 g/mol. The van der Waals surface area contributed by atoms with E-state index in [2.05, 4.69) is 49.6 Å². The van der Waals surface area contributed by atoms with Crippen molar-refractivity contribution in [2.75, 3.05) is 6.26 Å². The standard InChI is InChI=1S/C18H16O2S/c1-11-7-9-12(10-8-11)16-17(21-2)15-13-5-3-4-6-14(13)19-18(15)20-16/h3-10,15,18H,1-2H3. The molecule has 2 aliphatic rings. The fraction of sp³-hybridized carbons (Fsp3) is 0.222. The molecular formula is C18H16O2S. The van der Waals surface area contributed by atoms with Gasteiger partial charge in [0.1, 0.15) is 11.5 Å². The van der Waals surface area contributed by atoms with Gasteiger partial charge in [0.2, 0.25) is 0 Å². The summed E-state index contributed by atoms with van der Waals surface area (Å²) in [6.07, 6.45) is 1.89. The Bertz CT molecular complexity index is 718. The molecular weight excluding hydrogens is 280 g/mol. The minimum absolute atomic E-state index is 0.201. The second kappa shape index (κ2) is 4.85. The lowest BCUT2D eigenvalue weighted by Gasteiger charge is -2.11. The van der Waals surface area contributed by atoms with Gasteiger partial charge in [-0.25, -0.2) is 0 Å². The molecule has 21 heavy (non-hydrogen) atoms. The van der Waals surface area contributed by atoms with Gasteiger partial charge in [0.25, 0.3) is 6.29 Å². The quantitative estimate of drug-likeness (QED) is 0.809. The summed E-state index contributed by atoms with van der Waals surface area (Å²) in [7, 11) is 0. The zero-order valence-electron chi connectivity index (χ0n) is 12.0. The van der Waals surface area contributed by atoms with Crippen LogP contribution in [0.1, 0.15) is 22.6 Å². The van der Waals surface area contributed by atoms with Crippen molar-refractivity contribution >= 4 is 17.5 Å². The lowest BCUT2D eigenvalue weighted by molar-refractivity contribution is 0.00640. The summed E-state index contributed by atoms with van der Waals surface area (Å²) in [6, 6.07) is 16.7. The highest BCUT2D eigenvalue weighted by Crippen LogP contribution is 2.53. The molecule has 3 heteroatoms. The van der Waals surface area contributed by atoms with Crippen LogP contribution >= 0.6 is 11.8 Å². The molecule has 2 nitrogen and oxygen atoms in total. The molecule has 0 saturated carbocycles. The largest absolute Gasteiger partial charge is 0.454 e. The van der Waals surface area contributed by atoms with Crippen molar-refractivity contribution in [1.82, 2.24) is 0 Å². The number of rotatable bonds is 2. The summed E-state index contributed by atoms with van der Waals surface area (Å²) in [5.41, 5.74) is 3.61. The van der Waals surface area contributed by atoms with Crippen molar-refractivity contribution in [2.24, 2.45) is 0 Å². The van der Waals surface area contributed by atoms with Crippen LogP contribution in [0.5, 0.6) is 5.75 Å². The molecule has 2 aromatic rings. The maximum Gasteiger partial charge on any atom is 0.252 e. The first-order chi connectivity index (χ1) is 10.3. The summed E-state index contributed by atoms with van der Waals surface area (Å²) in [5.74, 6) is 2.11. The molecule has 0 fully saturated rings. The van der Waals surface area contributed by atoms with E-state index in [4.69, 9.17) is 9.47 Å². The molecule has 0 aromatic heterocycles. The third-order valence-corrected chi connectivity index (χ3v) is 4.92. The predicted octanol–water partition coefficient (Wildman–Crippen LogP) is 4.56. The van der Waals surface area contributed by atoms with Gasteiger partial charge in [-0.1, -0.05) is 48.0 Å². The molecule has 0 radical (unpaired) electrons. The van der Waals surface area contributed by atoms with E-state index in [-0.39, 0.29) is 12.2 Å². The van der Waals surface area contributed by atoms with Crippen LogP contribution in [0.4, 0.5) is 0 Å². The molecule has 2 heterocycles. The maximum absolute atomic E-state index is 6.13. The van der Waals surface area contributed by atoms with Crippen molar-refractivity contribution in [1.29, 1.82) is 0 Å². The molecule has 0 bridgehead atoms. The molecule has 0 N–H and O–H groups in total. The van der Waals surface area contributed by atoms with Crippen LogP contribution in [0.2, 0.25) is 0 Å². The third kappa shape index (κ3) is 1.95. The number of hydrogen-bond donors (Lipinski definition) is 0. The van der Waals surface area contributed by atoms with Crippen LogP contribution in [0.15, 0.2) is 53.4 Å². The van der Waals surface area contributed by atoms with Gasteiger partial charge < -0.3 is 9.47 Å². The van der Waals surface area contributed by atoms with Crippen LogP contribution in [0, 0.1) is 6.92 Å². The van der Waals surface area contributed by atoms with Gasteiger partial charge in [0.15, 0.2) is 0 Å². The van der Waals surface area contributed by atoms with Gasteiger partial charge in [-0.05, 0) is 19.2 Å². The molecule has 2 atom stereocenters. The third-order valence-electron chi connectivity index (χ3n) is 4.04. The minimum Gasteiger partial charge on any atom is -0.454 e. The Hall–Kier alpha value is -1.87. The van der Waals surface area contributed by atoms with Crippen molar-refractivity contribution in [3.05, 3.63) is 70.1 Å². The Kier molecular flexibility index (Phi) is 2.96. The molecule has 2 aromatic carbocycles. The molecule has 0 aliphatic carbocycles. The molecule has 0 saturated heterocycles. The van der Waals surface area contributed by atoms with Gasteiger partial charge in [-0.15, -0.1) is 11.8 Å². The number of benzene rings is 2.